The van der Waals surface area contributed by atoms with E-state index in [1.807, 2.05) is 37.3 Å². The topological polar surface area (TPSA) is 75.0 Å². The largest absolute Gasteiger partial charge is 0.493 e. The molecule has 2 aromatic carbocycles. The Hall–Kier alpha value is -3.39. The van der Waals surface area contributed by atoms with Gasteiger partial charge in [-0.25, -0.2) is 0 Å². The van der Waals surface area contributed by atoms with Gasteiger partial charge in [0.25, 0.3) is 5.56 Å². The summed E-state index contributed by atoms with van der Waals surface area (Å²) >= 11 is 1.30. The molecule has 7 nitrogen and oxygen atoms in total. The molecule has 4 rings (SSSR count). The van der Waals surface area contributed by atoms with Gasteiger partial charge < -0.3 is 14.2 Å². The van der Waals surface area contributed by atoms with Crippen LogP contribution in [-0.2, 0) is 0 Å². The lowest BCUT2D eigenvalue weighted by molar-refractivity contribution is 0.324. The monoisotopic (exact) mass is 409 g/mol. The summed E-state index contributed by atoms with van der Waals surface area (Å²) in [6, 6.07) is 11.5. The Morgan fingerprint density at radius 2 is 1.66 bits per heavy atom. The molecule has 0 atom stereocenters. The number of methoxy groups -OCH3 is 3. The van der Waals surface area contributed by atoms with Gasteiger partial charge in [0.1, 0.15) is 0 Å². The first-order chi connectivity index (χ1) is 14.0. The van der Waals surface area contributed by atoms with Crippen LogP contribution in [0.1, 0.15) is 11.1 Å². The van der Waals surface area contributed by atoms with Crippen molar-refractivity contribution in [3.05, 3.63) is 62.4 Å². The van der Waals surface area contributed by atoms with E-state index in [1.54, 1.807) is 33.5 Å². The molecule has 0 N–H and O–H groups in total. The molecule has 148 valence electrons. The van der Waals surface area contributed by atoms with Crippen molar-refractivity contribution >= 4 is 22.4 Å². The highest BCUT2D eigenvalue weighted by Crippen LogP contribution is 2.40. The van der Waals surface area contributed by atoms with E-state index in [9.17, 15) is 4.79 Å². The third kappa shape index (κ3) is 3.42. The minimum absolute atomic E-state index is 0.197. The number of hydrogen-bond donors (Lipinski definition) is 0. The van der Waals surface area contributed by atoms with Crippen LogP contribution < -0.4 is 24.3 Å². The smallest absolute Gasteiger partial charge is 0.291 e. The van der Waals surface area contributed by atoms with E-state index in [0.717, 1.165) is 5.56 Å². The summed E-state index contributed by atoms with van der Waals surface area (Å²) in [4.78, 5) is 17.8. The molecule has 2 aromatic heterocycles. The van der Waals surface area contributed by atoms with Gasteiger partial charge in [0, 0.05) is 5.56 Å². The summed E-state index contributed by atoms with van der Waals surface area (Å²) in [7, 11) is 4.63. The van der Waals surface area contributed by atoms with Crippen LogP contribution in [0.5, 0.6) is 17.2 Å². The number of fused-ring (bicyclic) bond motifs is 1. The van der Waals surface area contributed by atoms with Crippen molar-refractivity contribution in [2.24, 2.45) is 0 Å². The van der Waals surface area contributed by atoms with Crippen molar-refractivity contribution in [3.63, 3.8) is 0 Å². The predicted molar refractivity (Wildman–Crippen MR) is 112 cm³/mol. The fraction of sp³-hybridized carbons (Fsp3) is 0.190. The molecule has 0 aliphatic rings. The van der Waals surface area contributed by atoms with Gasteiger partial charge >= 0.3 is 0 Å². The second-order valence-corrected chi connectivity index (χ2v) is 7.38. The van der Waals surface area contributed by atoms with Gasteiger partial charge in [-0.1, -0.05) is 41.2 Å². The van der Waals surface area contributed by atoms with E-state index in [4.69, 9.17) is 14.2 Å². The summed E-state index contributed by atoms with van der Waals surface area (Å²) in [5, 5.41) is 4.40. The Morgan fingerprint density at radius 3 is 2.21 bits per heavy atom. The number of thiazole rings is 1. The molecule has 29 heavy (non-hydrogen) atoms. The average molecular weight is 409 g/mol. The molecule has 8 heteroatoms. The SMILES string of the molecule is COc1cc(-c2nc3s/c(=C/c4ccc(C)cc4)c(=O)n3n2)cc(OC)c1OC. The molecule has 0 saturated heterocycles. The maximum Gasteiger partial charge on any atom is 0.291 e. The number of aromatic nitrogens is 3. The van der Waals surface area contributed by atoms with Crippen molar-refractivity contribution in [2.75, 3.05) is 21.3 Å². The highest BCUT2D eigenvalue weighted by Gasteiger charge is 2.18. The van der Waals surface area contributed by atoms with Crippen LogP contribution in [0.15, 0.2) is 41.2 Å². The molecule has 4 aromatic rings. The summed E-state index contributed by atoms with van der Waals surface area (Å²) in [6.07, 6.45) is 1.85. The van der Waals surface area contributed by atoms with Gasteiger partial charge in [-0.3, -0.25) is 4.79 Å². The molecular formula is C21H19N3O4S. The summed E-state index contributed by atoms with van der Waals surface area (Å²) < 4.78 is 18.0. The summed E-state index contributed by atoms with van der Waals surface area (Å²) in [5.74, 6) is 1.89. The molecule has 0 saturated carbocycles. The Labute approximate surface area is 170 Å². The Balaban J connectivity index is 1.80. The van der Waals surface area contributed by atoms with Gasteiger partial charge in [-0.15, -0.1) is 5.10 Å². The minimum atomic E-state index is -0.197. The summed E-state index contributed by atoms with van der Waals surface area (Å²) in [6.45, 7) is 2.02. The van der Waals surface area contributed by atoms with Gasteiger partial charge in [0.05, 0.1) is 25.9 Å². The number of rotatable bonds is 5. The number of ether oxygens (including phenoxy) is 3. The molecule has 0 radical (unpaired) electrons. The molecule has 0 unspecified atom stereocenters. The number of aryl methyl sites for hydroxylation is 1. The van der Waals surface area contributed by atoms with Crippen LogP contribution in [0.25, 0.3) is 22.4 Å². The molecule has 0 aliphatic heterocycles. The third-order valence-corrected chi connectivity index (χ3v) is 5.44. The molecule has 0 bridgehead atoms. The van der Waals surface area contributed by atoms with Crippen LogP contribution in [0.4, 0.5) is 0 Å². The minimum Gasteiger partial charge on any atom is -0.493 e. The van der Waals surface area contributed by atoms with E-state index in [2.05, 4.69) is 10.1 Å². The van der Waals surface area contributed by atoms with Gasteiger partial charge in [0.15, 0.2) is 17.3 Å². The van der Waals surface area contributed by atoms with Crippen molar-refractivity contribution in [2.45, 2.75) is 6.92 Å². The van der Waals surface area contributed by atoms with Gasteiger partial charge in [-0.05, 0) is 30.7 Å². The standard InChI is InChI=1S/C21H19N3O4S/c1-12-5-7-13(8-6-12)9-17-20(25)24-21(29-17)22-19(23-24)14-10-15(26-2)18(28-4)16(11-14)27-3/h5-11H,1-4H3/b17-9+. The fourth-order valence-corrected chi connectivity index (χ4v) is 3.89. The number of nitrogens with zero attached hydrogens (tertiary/aromatic N) is 3. The van der Waals surface area contributed by atoms with Crippen LogP contribution >= 0.6 is 11.3 Å². The highest BCUT2D eigenvalue weighted by molar-refractivity contribution is 7.15. The Bertz CT molecular complexity index is 1270. The molecule has 0 spiro atoms. The van der Waals surface area contributed by atoms with E-state index >= 15 is 0 Å². The second kappa shape index (κ2) is 7.56. The van der Waals surface area contributed by atoms with Crippen LogP contribution in [0, 0.1) is 6.92 Å². The number of hydrogen-bond acceptors (Lipinski definition) is 7. The lowest BCUT2D eigenvalue weighted by Crippen LogP contribution is -2.23. The average Bonchev–Trinajstić information content (AvgIpc) is 3.28. The number of benzene rings is 2. The molecular weight excluding hydrogens is 390 g/mol. The van der Waals surface area contributed by atoms with E-state index in [0.29, 0.717) is 38.1 Å². The van der Waals surface area contributed by atoms with Crippen LogP contribution in [0.3, 0.4) is 0 Å². The normalized spacial score (nSPS) is 11.8. The lowest BCUT2D eigenvalue weighted by Gasteiger charge is -2.12. The van der Waals surface area contributed by atoms with E-state index in [-0.39, 0.29) is 5.56 Å². The van der Waals surface area contributed by atoms with Crippen LogP contribution in [-0.4, -0.2) is 35.9 Å². The lowest BCUT2D eigenvalue weighted by atomic mass is 10.1. The first-order valence-corrected chi connectivity index (χ1v) is 9.64. The zero-order valence-electron chi connectivity index (χ0n) is 16.4. The van der Waals surface area contributed by atoms with Crippen molar-refractivity contribution in [1.29, 1.82) is 0 Å². The maximum absolute atomic E-state index is 12.8. The quantitative estimate of drug-likeness (QED) is 0.505. The van der Waals surface area contributed by atoms with Crippen molar-refractivity contribution < 1.29 is 14.2 Å². The zero-order valence-corrected chi connectivity index (χ0v) is 17.2. The zero-order chi connectivity index (χ0) is 20.5. The third-order valence-electron chi connectivity index (χ3n) is 4.48. The first kappa shape index (κ1) is 18.9. The molecule has 0 fully saturated rings. The Kier molecular flexibility index (Phi) is 4.94. The summed E-state index contributed by atoms with van der Waals surface area (Å²) in [5.41, 5.74) is 2.60. The van der Waals surface area contributed by atoms with Crippen molar-refractivity contribution in [1.82, 2.24) is 14.6 Å². The van der Waals surface area contributed by atoms with Gasteiger partial charge in [0.2, 0.25) is 10.7 Å². The van der Waals surface area contributed by atoms with Crippen molar-refractivity contribution in [3.8, 4) is 28.6 Å². The maximum atomic E-state index is 12.8. The molecule has 0 amide bonds. The van der Waals surface area contributed by atoms with Gasteiger partial charge in [-0.2, -0.15) is 9.50 Å². The molecule has 0 aliphatic carbocycles. The fourth-order valence-electron chi connectivity index (χ4n) is 2.98. The highest BCUT2D eigenvalue weighted by atomic mass is 32.1. The van der Waals surface area contributed by atoms with Crippen LogP contribution in [0.2, 0.25) is 0 Å². The Morgan fingerprint density at radius 1 is 1.00 bits per heavy atom. The van der Waals surface area contributed by atoms with E-state index in [1.165, 1.54) is 21.4 Å². The molecule has 2 heterocycles. The second-order valence-electron chi connectivity index (χ2n) is 6.37. The first-order valence-electron chi connectivity index (χ1n) is 8.82. The predicted octanol–water partition coefficient (Wildman–Crippen LogP) is 2.70. The van der Waals surface area contributed by atoms with E-state index < -0.39 is 0 Å².